The second kappa shape index (κ2) is 4.27. The van der Waals surface area contributed by atoms with E-state index in [2.05, 4.69) is 10.3 Å². The zero-order valence-electron chi connectivity index (χ0n) is 10.6. The molecule has 19 heavy (non-hydrogen) atoms. The highest BCUT2D eigenvalue weighted by Gasteiger charge is 2.35. The topological polar surface area (TPSA) is 120 Å². The fourth-order valence-corrected chi connectivity index (χ4v) is 1.63. The van der Waals surface area contributed by atoms with Crippen LogP contribution in [0.3, 0.4) is 0 Å². The van der Waals surface area contributed by atoms with Crippen LogP contribution in [0.25, 0.3) is 0 Å². The quantitative estimate of drug-likeness (QED) is 0.493. The number of hydrogen-bond acceptors (Lipinski definition) is 3. The SMILES string of the molecule is CC1(C)Oc2ccc(C(=O)N=C(N)N)cc2NC1=O. The lowest BCUT2D eigenvalue weighted by Crippen LogP contribution is -2.45. The van der Waals surface area contributed by atoms with Gasteiger partial charge in [-0.1, -0.05) is 0 Å². The average molecular weight is 262 g/mol. The van der Waals surface area contributed by atoms with Gasteiger partial charge in [-0.05, 0) is 32.0 Å². The van der Waals surface area contributed by atoms with E-state index < -0.39 is 11.5 Å². The monoisotopic (exact) mass is 262 g/mol. The van der Waals surface area contributed by atoms with Gasteiger partial charge in [-0.3, -0.25) is 9.59 Å². The van der Waals surface area contributed by atoms with E-state index in [4.69, 9.17) is 16.2 Å². The Morgan fingerprint density at radius 3 is 2.68 bits per heavy atom. The number of aliphatic imine (C=N–C) groups is 1. The second-order valence-electron chi connectivity index (χ2n) is 4.62. The summed E-state index contributed by atoms with van der Waals surface area (Å²) in [4.78, 5) is 26.8. The maximum absolute atomic E-state index is 11.7. The van der Waals surface area contributed by atoms with E-state index in [1.54, 1.807) is 19.9 Å². The van der Waals surface area contributed by atoms with E-state index in [0.29, 0.717) is 11.4 Å². The van der Waals surface area contributed by atoms with Gasteiger partial charge in [0, 0.05) is 5.56 Å². The molecule has 1 aromatic rings. The minimum absolute atomic E-state index is 0.260. The summed E-state index contributed by atoms with van der Waals surface area (Å²) < 4.78 is 5.54. The van der Waals surface area contributed by atoms with Gasteiger partial charge >= 0.3 is 0 Å². The normalized spacial score (nSPS) is 15.8. The molecule has 1 aromatic carbocycles. The fraction of sp³-hybridized carbons (Fsp3) is 0.250. The van der Waals surface area contributed by atoms with E-state index in [0.717, 1.165) is 0 Å². The second-order valence-corrected chi connectivity index (χ2v) is 4.62. The third kappa shape index (κ3) is 2.49. The van der Waals surface area contributed by atoms with Crippen LogP contribution in [0.1, 0.15) is 24.2 Å². The highest BCUT2D eigenvalue weighted by molar-refractivity contribution is 6.05. The number of nitrogens with two attached hydrogens (primary N) is 2. The zero-order valence-corrected chi connectivity index (χ0v) is 10.6. The number of anilines is 1. The molecule has 0 atom stereocenters. The van der Waals surface area contributed by atoms with Crippen LogP contribution in [0.2, 0.25) is 0 Å². The number of carbonyl (C=O) groups excluding carboxylic acids is 2. The molecule has 0 saturated heterocycles. The van der Waals surface area contributed by atoms with Crippen molar-refractivity contribution in [3.63, 3.8) is 0 Å². The molecule has 0 radical (unpaired) electrons. The summed E-state index contributed by atoms with van der Waals surface area (Å²) in [5.41, 5.74) is 10.0. The Hall–Kier alpha value is -2.57. The maximum atomic E-state index is 11.7. The summed E-state index contributed by atoms with van der Waals surface area (Å²) in [5, 5.41) is 2.67. The van der Waals surface area contributed by atoms with Crippen LogP contribution in [0.5, 0.6) is 5.75 Å². The first-order chi connectivity index (χ1) is 8.79. The predicted molar refractivity (Wildman–Crippen MR) is 69.9 cm³/mol. The minimum Gasteiger partial charge on any atom is -0.476 e. The van der Waals surface area contributed by atoms with Crippen LogP contribution in [-0.4, -0.2) is 23.4 Å². The summed E-state index contributed by atoms with van der Waals surface area (Å²) in [5.74, 6) is -0.691. The molecule has 5 N–H and O–H groups in total. The van der Waals surface area contributed by atoms with Crippen molar-refractivity contribution in [2.24, 2.45) is 16.5 Å². The first-order valence-corrected chi connectivity index (χ1v) is 5.58. The molecule has 7 heteroatoms. The number of benzene rings is 1. The lowest BCUT2D eigenvalue weighted by Gasteiger charge is -2.31. The lowest BCUT2D eigenvalue weighted by atomic mass is 10.0. The van der Waals surface area contributed by atoms with Gasteiger partial charge in [0.15, 0.2) is 11.6 Å². The number of fused-ring (bicyclic) bond motifs is 1. The number of guanidine groups is 1. The maximum Gasteiger partial charge on any atom is 0.280 e. The molecule has 0 spiro atoms. The van der Waals surface area contributed by atoms with Crippen LogP contribution in [0.4, 0.5) is 5.69 Å². The molecule has 2 amide bonds. The molecule has 1 aliphatic rings. The smallest absolute Gasteiger partial charge is 0.280 e. The first kappa shape index (κ1) is 12.9. The van der Waals surface area contributed by atoms with Gasteiger partial charge in [-0.2, -0.15) is 4.99 Å². The van der Waals surface area contributed by atoms with E-state index in [9.17, 15) is 9.59 Å². The van der Waals surface area contributed by atoms with Crippen LogP contribution >= 0.6 is 0 Å². The van der Waals surface area contributed by atoms with Crippen molar-refractivity contribution >= 4 is 23.5 Å². The number of hydrogen-bond donors (Lipinski definition) is 3. The van der Waals surface area contributed by atoms with Gasteiger partial charge in [-0.15, -0.1) is 0 Å². The van der Waals surface area contributed by atoms with E-state index in [-0.39, 0.29) is 17.4 Å². The Labute approximate surface area is 109 Å². The Morgan fingerprint density at radius 2 is 2.05 bits per heavy atom. The Morgan fingerprint density at radius 1 is 1.37 bits per heavy atom. The molecule has 1 aliphatic heterocycles. The summed E-state index contributed by atoms with van der Waals surface area (Å²) in [6.07, 6.45) is 0. The first-order valence-electron chi connectivity index (χ1n) is 5.58. The number of amides is 2. The van der Waals surface area contributed by atoms with Gasteiger partial charge in [0.05, 0.1) is 5.69 Å². The molecule has 2 rings (SSSR count). The van der Waals surface area contributed by atoms with Crippen molar-refractivity contribution < 1.29 is 14.3 Å². The van der Waals surface area contributed by atoms with Crippen molar-refractivity contribution in [2.75, 3.05) is 5.32 Å². The van der Waals surface area contributed by atoms with Crippen molar-refractivity contribution in [1.82, 2.24) is 0 Å². The van der Waals surface area contributed by atoms with Crippen LogP contribution < -0.4 is 21.5 Å². The Balaban J connectivity index is 2.36. The predicted octanol–water partition coefficient (Wildman–Crippen LogP) is 0.210. The zero-order chi connectivity index (χ0) is 14.2. The van der Waals surface area contributed by atoms with Crippen LogP contribution in [0.15, 0.2) is 23.2 Å². The van der Waals surface area contributed by atoms with Gasteiger partial charge < -0.3 is 21.5 Å². The molecule has 0 unspecified atom stereocenters. The summed E-state index contributed by atoms with van der Waals surface area (Å²) in [7, 11) is 0. The molecule has 1 heterocycles. The molecular formula is C12H14N4O3. The third-order valence-electron chi connectivity index (χ3n) is 2.62. The Bertz CT molecular complexity index is 589. The summed E-state index contributed by atoms with van der Waals surface area (Å²) >= 11 is 0. The van der Waals surface area contributed by atoms with Crippen LogP contribution in [-0.2, 0) is 4.79 Å². The number of ether oxygens (including phenoxy) is 1. The molecule has 0 bridgehead atoms. The minimum atomic E-state index is -0.946. The van der Waals surface area contributed by atoms with Gasteiger partial charge in [0.25, 0.3) is 11.8 Å². The average Bonchev–Trinajstić information content (AvgIpc) is 2.28. The summed E-state index contributed by atoms with van der Waals surface area (Å²) in [6, 6.07) is 4.59. The standard InChI is InChI=1S/C12H14N4O3/c1-12(2)10(18)15-7-5-6(3-4-8(7)19-12)9(17)16-11(13)14/h3-5H,1-2H3,(H,15,18)(H4,13,14,16,17). The largest absolute Gasteiger partial charge is 0.476 e. The van der Waals surface area contributed by atoms with E-state index in [1.165, 1.54) is 12.1 Å². The van der Waals surface area contributed by atoms with Gasteiger partial charge in [0.2, 0.25) is 0 Å². The molecule has 0 aliphatic carbocycles. The van der Waals surface area contributed by atoms with Gasteiger partial charge in [-0.25, -0.2) is 0 Å². The highest BCUT2D eigenvalue weighted by Crippen LogP contribution is 2.34. The van der Waals surface area contributed by atoms with Crippen molar-refractivity contribution in [1.29, 1.82) is 0 Å². The van der Waals surface area contributed by atoms with Crippen molar-refractivity contribution in [2.45, 2.75) is 19.4 Å². The van der Waals surface area contributed by atoms with Crippen LogP contribution in [0, 0.1) is 0 Å². The van der Waals surface area contributed by atoms with Crippen molar-refractivity contribution in [3.05, 3.63) is 23.8 Å². The number of rotatable bonds is 1. The molecule has 0 saturated carbocycles. The number of nitrogens with zero attached hydrogens (tertiary/aromatic N) is 1. The molecular weight excluding hydrogens is 248 g/mol. The van der Waals surface area contributed by atoms with Crippen molar-refractivity contribution in [3.8, 4) is 5.75 Å². The summed E-state index contributed by atoms with van der Waals surface area (Å²) in [6.45, 7) is 3.31. The van der Waals surface area contributed by atoms with E-state index >= 15 is 0 Å². The molecule has 7 nitrogen and oxygen atoms in total. The number of carbonyl (C=O) groups is 2. The Kier molecular flexibility index (Phi) is 2.89. The fourth-order valence-electron chi connectivity index (χ4n) is 1.63. The molecule has 100 valence electrons. The highest BCUT2D eigenvalue weighted by atomic mass is 16.5. The lowest BCUT2D eigenvalue weighted by molar-refractivity contribution is -0.129. The van der Waals surface area contributed by atoms with Gasteiger partial charge in [0.1, 0.15) is 5.75 Å². The molecule has 0 aromatic heterocycles. The molecule has 0 fully saturated rings. The van der Waals surface area contributed by atoms with E-state index in [1.807, 2.05) is 0 Å². The number of nitrogens with one attached hydrogen (secondary N) is 1. The third-order valence-corrected chi connectivity index (χ3v) is 2.62.